The molecule has 0 aliphatic heterocycles. The van der Waals surface area contributed by atoms with Crippen molar-refractivity contribution in [3.8, 4) is 0 Å². The van der Waals surface area contributed by atoms with Crippen LogP contribution in [0.4, 0.5) is 13.2 Å². The summed E-state index contributed by atoms with van der Waals surface area (Å²) < 4.78 is 39.0. The van der Waals surface area contributed by atoms with E-state index in [-0.39, 0.29) is 0 Å². The number of halogens is 3. The van der Waals surface area contributed by atoms with Gasteiger partial charge in [0.1, 0.15) is 6.10 Å². The first-order valence-electron chi connectivity index (χ1n) is 3.43. The molecular formula is C7H7F3O2. The lowest BCUT2D eigenvalue weighted by molar-refractivity contribution is -0.204. The predicted octanol–water partition coefficient (Wildman–Crippen LogP) is 1.81. The Hall–Kier alpha value is -1.00. The van der Waals surface area contributed by atoms with Gasteiger partial charge in [-0.25, -0.2) is 4.79 Å². The number of carbonyl (C=O) groups is 1. The van der Waals surface area contributed by atoms with Crippen molar-refractivity contribution in [2.45, 2.75) is 25.1 Å². The lowest BCUT2D eigenvalue weighted by Gasteiger charge is -2.12. The normalized spacial score (nSPS) is 18.2. The largest absolute Gasteiger partial charge is 0.490 e. The summed E-state index contributed by atoms with van der Waals surface area (Å²) in [6.07, 6.45) is -1.37. The topological polar surface area (TPSA) is 26.3 Å². The average molecular weight is 180 g/mol. The van der Waals surface area contributed by atoms with E-state index >= 15 is 0 Å². The first kappa shape index (κ1) is 9.09. The van der Waals surface area contributed by atoms with E-state index < -0.39 is 18.2 Å². The Kier molecular flexibility index (Phi) is 2.40. The van der Waals surface area contributed by atoms with Gasteiger partial charge >= 0.3 is 12.1 Å². The molecule has 5 heteroatoms. The third-order valence-electron chi connectivity index (χ3n) is 1.47. The van der Waals surface area contributed by atoms with Crippen LogP contribution in [0.15, 0.2) is 12.2 Å². The summed E-state index contributed by atoms with van der Waals surface area (Å²) in [7, 11) is 0. The van der Waals surface area contributed by atoms with Gasteiger partial charge in [-0.05, 0) is 0 Å². The zero-order chi connectivity index (χ0) is 9.19. The number of hydrogen-bond acceptors (Lipinski definition) is 2. The minimum atomic E-state index is -4.87. The Bertz CT molecular complexity index is 199. The Balaban J connectivity index is 2.36. The summed E-state index contributed by atoms with van der Waals surface area (Å²) >= 11 is 0. The van der Waals surface area contributed by atoms with E-state index in [0.717, 1.165) is 0 Å². The maximum atomic E-state index is 11.6. The van der Waals surface area contributed by atoms with Gasteiger partial charge in [-0.1, -0.05) is 12.2 Å². The molecule has 0 saturated carbocycles. The highest BCUT2D eigenvalue weighted by Gasteiger charge is 2.42. The van der Waals surface area contributed by atoms with Gasteiger partial charge < -0.3 is 4.74 Å². The molecule has 0 spiro atoms. The molecule has 1 aliphatic rings. The van der Waals surface area contributed by atoms with Crippen LogP contribution in [0, 0.1) is 0 Å². The van der Waals surface area contributed by atoms with E-state index in [2.05, 4.69) is 4.74 Å². The van der Waals surface area contributed by atoms with Gasteiger partial charge in [0.05, 0.1) is 0 Å². The molecule has 0 atom stereocenters. The molecule has 1 rings (SSSR count). The molecule has 0 aromatic carbocycles. The zero-order valence-electron chi connectivity index (χ0n) is 6.10. The molecule has 0 aromatic heterocycles. The van der Waals surface area contributed by atoms with Crippen molar-refractivity contribution in [1.82, 2.24) is 0 Å². The van der Waals surface area contributed by atoms with Gasteiger partial charge in [0.15, 0.2) is 0 Å². The van der Waals surface area contributed by atoms with Crippen molar-refractivity contribution in [3.05, 3.63) is 12.2 Å². The summed E-state index contributed by atoms with van der Waals surface area (Å²) in [6.45, 7) is 0. The van der Waals surface area contributed by atoms with Gasteiger partial charge in [-0.15, -0.1) is 0 Å². The van der Waals surface area contributed by atoms with Crippen LogP contribution in [-0.4, -0.2) is 18.2 Å². The second kappa shape index (κ2) is 3.16. The number of ether oxygens (including phenoxy) is 1. The van der Waals surface area contributed by atoms with Gasteiger partial charge in [0.2, 0.25) is 0 Å². The van der Waals surface area contributed by atoms with Crippen molar-refractivity contribution < 1.29 is 22.7 Å². The van der Waals surface area contributed by atoms with Gasteiger partial charge in [-0.2, -0.15) is 13.2 Å². The number of esters is 1. The van der Waals surface area contributed by atoms with Crippen LogP contribution >= 0.6 is 0 Å². The van der Waals surface area contributed by atoms with E-state index in [1.807, 2.05) is 0 Å². The maximum Gasteiger partial charge on any atom is 0.490 e. The Morgan fingerprint density at radius 1 is 1.33 bits per heavy atom. The SMILES string of the molecule is O=C(OC1CC=CC1)C(F)(F)F. The molecule has 0 unspecified atom stereocenters. The molecular weight excluding hydrogens is 173 g/mol. The Labute approximate surface area is 67.0 Å². The van der Waals surface area contributed by atoms with Crippen LogP contribution in [0.2, 0.25) is 0 Å². The average Bonchev–Trinajstić information content (AvgIpc) is 2.37. The molecule has 2 nitrogen and oxygen atoms in total. The molecule has 0 aromatic rings. The molecule has 0 heterocycles. The van der Waals surface area contributed by atoms with E-state index in [1.165, 1.54) is 0 Å². The maximum absolute atomic E-state index is 11.6. The molecule has 1 aliphatic carbocycles. The van der Waals surface area contributed by atoms with Crippen molar-refractivity contribution >= 4 is 5.97 Å². The Morgan fingerprint density at radius 3 is 2.25 bits per heavy atom. The monoisotopic (exact) mass is 180 g/mol. The summed E-state index contributed by atoms with van der Waals surface area (Å²) in [6, 6.07) is 0. The van der Waals surface area contributed by atoms with Gasteiger partial charge in [0.25, 0.3) is 0 Å². The highest BCUT2D eigenvalue weighted by molar-refractivity contribution is 5.75. The molecule has 0 bridgehead atoms. The zero-order valence-corrected chi connectivity index (χ0v) is 6.10. The van der Waals surface area contributed by atoms with E-state index in [0.29, 0.717) is 12.8 Å². The molecule has 0 N–H and O–H groups in total. The quantitative estimate of drug-likeness (QED) is 0.454. The minimum absolute atomic E-state index is 0.377. The third-order valence-corrected chi connectivity index (χ3v) is 1.47. The fourth-order valence-corrected chi connectivity index (χ4v) is 0.907. The smallest absolute Gasteiger partial charge is 0.455 e. The summed E-state index contributed by atoms with van der Waals surface area (Å²) in [5.41, 5.74) is 0. The highest BCUT2D eigenvalue weighted by Crippen LogP contribution is 2.21. The summed E-state index contributed by atoms with van der Waals surface area (Å²) in [5, 5.41) is 0. The van der Waals surface area contributed by atoms with Crippen LogP contribution < -0.4 is 0 Å². The van der Waals surface area contributed by atoms with Crippen LogP contribution in [-0.2, 0) is 9.53 Å². The van der Waals surface area contributed by atoms with Crippen LogP contribution in [0.25, 0.3) is 0 Å². The van der Waals surface area contributed by atoms with E-state index in [4.69, 9.17) is 0 Å². The van der Waals surface area contributed by atoms with E-state index in [9.17, 15) is 18.0 Å². The molecule has 68 valence electrons. The molecule has 0 amide bonds. The second-order valence-corrected chi connectivity index (χ2v) is 2.47. The molecule has 12 heavy (non-hydrogen) atoms. The predicted molar refractivity (Wildman–Crippen MR) is 34.3 cm³/mol. The minimum Gasteiger partial charge on any atom is -0.455 e. The van der Waals surface area contributed by atoms with Gasteiger partial charge in [-0.3, -0.25) is 0 Å². The molecule has 0 fully saturated rings. The van der Waals surface area contributed by atoms with Crippen molar-refractivity contribution in [1.29, 1.82) is 0 Å². The summed E-state index contributed by atoms with van der Waals surface area (Å²) in [4.78, 5) is 10.2. The lowest BCUT2D eigenvalue weighted by atomic mass is 10.3. The Morgan fingerprint density at radius 2 is 1.83 bits per heavy atom. The van der Waals surface area contributed by atoms with Crippen molar-refractivity contribution in [2.24, 2.45) is 0 Å². The molecule has 0 radical (unpaired) electrons. The summed E-state index contributed by atoms with van der Waals surface area (Å²) in [5.74, 6) is -2.10. The van der Waals surface area contributed by atoms with Crippen LogP contribution in [0.3, 0.4) is 0 Å². The fourth-order valence-electron chi connectivity index (χ4n) is 0.907. The van der Waals surface area contributed by atoms with E-state index in [1.54, 1.807) is 12.2 Å². The highest BCUT2D eigenvalue weighted by atomic mass is 19.4. The lowest BCUT2D eigenvalue weighted by Crippen LogP contribution is -2.29. The standard InChI is InChI=1S/C7H7F3O2/c8-7(9,10)6(11)12-5-3-1-2-4-5/h1-2,5H,3-4H2. The number of alkyl halides is 3. The fraction of sp³-hybridized carbons (Fsp3) is 0.571. The number of rotatable bonds is 1. The van der Waals surface area contributed by atoms with Crippen LogP contribution in [0.1, 0.15) is 12.8 Å². The van der Waals surface area contributed by atoms with Crippen LogP contribution in [0.5, 0.6) is 0 Å². The first-order chi connectivity index (χ1) is 5.50. The van der Waals surface area contributed by atoms with Crippen molar-refractivity contribution in [2.75, 3.05) is 0 Å². The first-order valence-corrected chi connectivity index (χ1v) is 3.43. The second-order valence-electron chi connectivity index (χ2n) is 2.47. The number of carbonyl (C=O) groups excluding carboxylic acids is 1. The van der Waals surface area contributed by atoms with Gasteiger partial charge in [0, 0.05) is 12.8 Å². The molecule has 0 saturated heterocycles. The van der Waals surface area contributed by atoms with Crippen molar-refractivity contribution in [3.63, 3.8) is 0 Å². The number of hydrogen-bond donors (Lipinski definition) is 0. The third kappa shape index (κ3) is 2.25.